The molecule has 1 aromatic rings. The second-order valence-electron chi connectivity index (χ2n) is 4.55. The van der Waals surface area contributed by atoms with Crippen molar-refractivity contribution < 1.29 is 9.53 Å². The zero-order chi connectivity index (χ0) is 11.4. The molecule has 0 bridgehead atoms. The molecule has 1 saturated heterocycles. The van der Waals surface area contributed by atoms with Crippen LogP contribution in [0.25, 0.3) is 0 Å². The fourth-order valence-corrected chi connectivity index (χ4v) is 2.28. The summed E-state index contributed by atoms with van der Waals surface area (Å²) in [4.78, 5) is 11.0. The van der Waals surface area contributed by atoms with Crippen LogP contribution in [0.4, 0.5) is 0 Å². The lowest BCUT2D eigenvalue weighted by molar-refractivity contribution is -0.119. The van der Waals surface area contributed by atoms with E-state index in [9.17, 15) is 4.79 Å². The van der Waals surface area contributed by atoms with Crippen LogP contribution in [0.15, 0.2) is 30.3 Å². The number of ketones is 1. The highest BCUT2D eigenvalue weighted by Gasteiger charge is 2.25. The molecule has 1 aliphatic heterocycles. The van der Waals surface area contributed by atoms with Gasteiger partial charge in [-0.05, 0) is 31.7 Å². The molecule has 16 heavy (non-hydrogen) atoms. The monoisotopic (exact) mass is 218 g/mol. The average molecular weight is 218 g/mol. The van der Waals surface area contributed by atoms with Crippen LogP contribution in [0, 0.1) is 0 Å². The molecule has 0 spiro atoms. The van der Waals surface area contributed by atoms with E-state index in [0.29, 0.717) is 12.5 Å². The lowest BCUT2D eigenvalue weighted by atomic mass is 10.0. The number of ether oxygens (including phenoxy) is 1. The van der Waals surface area contributed by atoms with Crippen LogP contribution in [0.1, 0.15) is 31.7 Å². The van der Waals surface area contributed by atoms with Gasteiger partial charge in [0, 0.05) is 6.42 Å². The molecule has 2 atom stereocenters. The van der Waals surface area contributed by atoms with Gasteiger partial charge in [0.1, 0.15) is 5.78 Å². The standard InChI is InChI=1S/C14H18O2/c1-11(15)9-13-7-8-14(16-13)10-12-5-3-2-4-6-12/h2-6,13-14H,7-10H2,1H3/t13?,14-/m1/s1. The lowest BCUT2D eigenvalue weighted by Gasteiger charge is -2.12. The van der Waals surface area contributed by atoms with Gasteiger partial charge in [-0.15, -0.1) is 0 Å². The highest BCUT2D eigenvalue weighted by Crippen LogP contribution is 2.24. The normalized spacial score (nSPS) is 24.6. The summed E-state index contributed by atoms with van der Waals surface area (Å²) in [6.07, 6.45) is 4.10. The third kappa shape index (κ3) is 3.17. The predicted octanol–water partition coefficient (Wildman–Crippen LogP) is 2.76. The Morgan fingerprint density at radius 2 is 1.94 bits per heavy atom. The van der Waals surface area contributed by atoms with Crippen molar-refractivity contribution >= 4 is 5.78 Å². The summed E-state index contributed by atoms with van der Waals surface area (Å²) < 4.78 is 5.86. The van der Waals surface area contributed by atoms with Crippen molar-refractivity contribution in [2.24, 2.45) is 0 Å². The molecule has 1 heterocycles. The predicted molar refractivity (Wildman–Crippen MR) is 63.3 cm³/mol. The largest absolute Gasteiger partial charge is 0.374 e. The molecule has 2 rings (SSSR count). The van der Waals surface area contributed by atoms with Gasteiger partial charge in [-0.2, -0.15) is 0 Å². The first-order valence-electron chi connectivity index (χ1n) is 5.93. The number of carbonyl (C=O) groups is 1. The van der Waals surface area contributed by atoms with E-state index in [4.69, 9.17) is 4.74 Å². The molecule has 0 radical (unpaired) electrons. The van der Waals surface area contributed by atoms with Crippen molar-refractivity contribution in [1.82, 2.24) is 0 Å². The molecule has 1 unspecified atom stereocenters. The van der Waals surface area contributed by atoms with Gasteiger partial charge in [0.25, 0.3) is 0 Å². The maximum Gasteiger partial charge on any atom is 0.132 e. The lowest BCUT2D eigenvalue weighted by Crippen LogP contribution is -2.15. The summed E-state index contributed by atoms with van der Waals surface area (Å²) in [6.45, 7) is 1.63. The first kappa shape index (κ1) is 11.3. The topological polar surface area (TPSA) is 26.3 Å². The van der Waals surface area contributed by atoms with Crippen LogP contribution in [0.2, 0.25) is 0 Å². The molecule has 1 aromatic carbocycles. The zero-order valence-corrected chi connectivity index (χ0v) is 9.69. The Bertz CT molecular complexity index is 345. The second kappa shape index (κ2) is 5.26. The fourth-order valence-electron chi connectivity index (χ4n) is 2.28. The summed E-state index contributed by atoms with van der Waals surface area (Å²) in [5.74, 6) is 0.227. The third-order valence-corrected chi connectivity index (χ3v) is 3.02. The van der Waals surface area contributed by atoms with Gasteiger partial charge in [-0.25, -0.2) is 0 Å². The van der Waals surface area contributed by atoms with E-state index in [0.717, 1.165) is 19.3 Å². The molecule has 0 amide bonds. The number of rotatable bonds is 4. The van der Waals surface area contributed by atoms with Crippen molar-refractivity contribution in [3.05, 3.63) is 35.9 Å². The highest BCUT2D eigenvalue weighted by atomic mass is 16.5. The molecule has 0 N–H and O–H groups in total. The van der Waals surface area contributed by atoms with Crippen LogP contribution in [-0.4, -0.2) is 18.0 Å². The maximum absolute atomic E-state index is 11.0. The van der Waals surface area contributed by atoms with E-state index in [1.54, 1.807) is 6.92 Å². The SMILES string of the molecule is CC(=O)CC1CC[C@H](Cc2ccccc2)O1. The Morgan fingerprint density at radius 1 is 1.25 bits per heavy atom. The van der Waals surface area contributed by atoms with Gasteiger partial charge < -0.3 is 4.74 Å². The minimum atomic E-state index is 0.159. The third-order valence-electron chi connectivity index (χ3n) is 3.02. The molecule has 0 aliphatic carbocycles. The summed E-state index contributed by atoms with van der Waals surface area (Å²) in [7, 11) is 0. The van der Waals surface area contributed by atoms with Crippen LogP contribution >= 0.6 is 0 Å². The maximum atomic E-state index is 11.0. The fraction of sp³-hybridized carbons (Fsp3) is 0.500. The van der Waals surface area contributed by atoms with Crippen molar-refractivity contribution in [3.8, 4) is 0 Å². The van der Waals surface area contributed by atoms with E-state index < -0.39 is 0 Å². The first-order chi connectivity index (χ1) is 7.74. The number of Topliss-reactive ketones (excluding diaryl/α,β-unsaturated/α-hetero) is 1. The first-order valence-corrected chi connectivity index (χ1v) is 5.93. The average Bonchev–Trinajstić information content (AvgIpc) is 2.66. The summed E-state index contributed by atoms with van der Waals surface area (Å²) in [5.41, 5.74) is 1.32. The van der Waals surface area contributed by atoms with E-state index in [1.165, 1.54) is 5.56 Å². The van der Waals surface area contributed by atoms with Crippen molar-refractivity contribution in [2.45, 2.75) is 44.8 Å². The molecule has 1 fully saturated rings. The summed E-state index contributed by atoms with van der Waals surface area (Å²) >= 11 is 0. The Morgan fingerprint density at radius 3 is 2.62 bits per heavy atom. The second-order valence-corrected chi connectivity index (χ2v) is 4.55. The smallest absolute Gasteiger partial charge is 0.132 e. The Labute approximate surface area is 96.6 Å². The number of benzene rings is 1. The molecule has 0 saturated carbocycles. The van der Waals surface area contributed by atoms with Gasteiger partial charge in [-0.1, -0.05) is 30.3 Å². The van der Waals surface area contributed by atoms with Crippen LogP contribution in [-0.2, 0) is 16.0 Å². The van der Waals surface area contributed by atoms with Crippen molar-refractivity contribution in [3.63, 3.8) is 0 Å². The Hall–Kier alpha value is -1.15. The van der Waals surface area contributed by atoms with Crippen molar-refractivity contribution in [1.29, 1.82) is 0 Å². The van der Waals surface area contributed by atoms with Crippen LogP contribution in [0.5, 0.6) is 0 Å². The molecular formula is C14H18O2. The summed E-state index contributed by atoms with van der Waals surface area (Å²) in [6, 6.07) is 10.4. The zero-order valence-electron chi connectivity index (χ0n) is 9.69. The number of hydrogen-bond donors (Lipinski definition) is 0. The number of hydrogen-bond acceptors (Lipinski definition) is 2. The van der Waals surface area contributed by atoms with E-state index in [1.807, 2.05) is 6.07 Å². The van der Waals surface area contributed by atoms with Crippen LogP contribution < -0.4 is 0 Å². The molecular weight excluding hydrogens is 200 g/mol. The van der Waals surface area contributed by atoms with Gasteiger partial charge in [-0.3, -0.25) is 4.79 Å². The van der Waals surface area contributed by atoms with Gasteiger partial charge in [0.15, 0.2) is 0 Å². The Kier molecular flexibility index (Phi) is 3.73. The van der Waals surface area contributed by atoms with Gasteiger partial charge in [0.05, 0.1) is 12.2 Å². The minimum absolute atomic E-state index is 0.159. The number of carbonyl (C=O) groups excluding carboxylic acids is 1. The van der Waals surface area contributed by atoms with E-state index >= 15 is 0 Å². The van der Waals surface area contributed by atoms with E-state index in [-0.39, 0.29) is 11.9 Å². The van der Waals surface area contributed by atoms with Crippen molar-refractivity contribution in [2.75, 3.05) is 0 Å². The molecule has 0 aromatic heterocycles. The molecule has 2 nitrogen and oxygen atoms in total. The van der Waals surface area contributed by atoms with Crippen LogP contribution in [0.3, 0.4) is 0 Å². The quantitative estimate of drug-likeness (QED) is 0.776. The Balaban J connectivity index is 1.83. The van der Waals surface area contributed by atoms with Gasteiger partial charge in [0.2, 0.25) is 0 Å². The molecule has 1 aliphatic rings. The summed E-state index contributed by atoms with van der Waals surface area (Å²) in [5, 5.41) is 0. The molecule has 86 valence electrons. The molecule has 2 heteroatoms. The van der Waals surface area contributed by atoms with E-state index in [2.05, 4.69) is 24.3 Å². The van der Waals surface area contributed by atoms with Gasteiger partial charge >= 0.3 is 0 Å². The minimum Gasteiger partial charge on any atom is -0.374 e. The highest BCUT2D eigenvalue weighted by molar-refractivity contribution is 5.76.